The Labute approximate surface area is 159 Å². The molecule has 7 heteroatoms. The van der Waals surface area contributed by atoms with Crippen LogP contribution in [0.1, 0.15) is 24.0 Å². The number of hydrogen-bond donors (Lipinski definition) is 0. The first-order valence-electron chi connectivity index (χ1n) is 8.77. The van der Waals surface area contributed by atoms with E-state index in [0.717, 1.165) is 23.8 Å². The highest BCUT2D eigenvalue weighted by molar-refractivity contribution is 7.99. The van der Waals surface area contributed by atoms with Crippen molar-refractivity contribution in [3.05, 3.63) is 59.7 Å². The second-order valence-electron chi connectivity index (χ2n) is 6.72. The second kappa shape index (κ2) is 7.11. The van der Waals surface area contributed by atoms with Crippen LogP contribution < -0.4 is 4.74 Å². The first-order chi connectivity index (χ1) is 12.9. The van der Waals surface area contributed by atoms with Gasteiger partial charge in [0.2, 0.25) is 0 Å². The summed E-state index contributed by atoms with van der Waals surface area (Å²) in [6.45, 7) is -0.0502. The van der Waals surface area contributed by atoms with Crippen molar-refractivity contribution in [2.24, 2.45) is 0 Å². The maximum absolute atomic E-state index is 13.3. The van der Waals surface area contributed by atoms with Gasteiger partial charge in [0.05, 0.1) is 5.56 Å². The average Bonchev–Trinajstić information content (AvgIpc) is 3.50. The van der Waals surface area contributed by atoms with Crippen LogP contribution >= 0.6 is 11.8 Å². The molecule has 1 fully saturated rings. The normalized spacial score (nSPS) is 19.1. The van der Waals surface area contributed by atoms with E-state index in [-0.39, 0.29) is 24.1 Å². The maximum atomic E-state index is 13.3. The maximum Gasteiger partial charge on any atom is 0.416 e. The van der Waals surface area contributed by atoms with Crippen LogP contribution in [-0.4, -0.2) is 28.7 Å². The number of thioether (sulfide) groups is 1. The first kappa shape index (κ1) is 18.2. The Hall–Kier alpha value is -2.15. The van der Waals surface area contributed by atoms with E-state index in [1.807, 2.05) is 24.3 Å². The van der Waals surface area contributed by atoms with Gasteiger partial charge in [-0.3, -0.25) is 4.79 Å². The summed E-state index contributed by atoms with van der Waals surface area (Å²) in [6.07, 6.45) is -3.49. The van der Waals surface area contributed by atoms with E-state index < -0.39 is 17.8 Å². The third-order valence-electron chi connectivity index (χ3n) is 4.72. The molecule has 2 aromatic rings. The molecule has 0 radical (unpaired) electrons. The number of carbonyl (C=O) groups is 1. The summed E-state index contributed by atoms with van der Waals surface area (Å²) < 4.78 is 45.8. The standard InChI is InChI=1S/C20H18F3NO2S/c21-20(22,23)15-6-2-1-5-13(15)11-24(14-9-10-14)19(25)17-12-27-18-8-4-3-7-16(18)26-17/h1-8,14,17H,9-12H2/t17-/m0/s1. The minimum absolute atomic E-state index is 0.00967. The largest absolute Gasteiger partial charge is 0.479 e. The minimum Gasteiger partial charge on any atom is -0.479 e. The zero-order chi connectivity index (χ0) is 19.0. The molecule has 1 aliphatic heterocycles. The molecule has 1 amide bonds. The lowest BCUT2D eigenvalue weighted by atomic mass is 10.1. The molecular weight excluding hydrogens is 375 g/mol. The smallest absolute Gasteiger partial charge is 0.416 e. The minimum atomic E-state index is -4.44. The highest BCUT2D eigenvalue weighted by atomic mass is 32.2. The van der Waals surface area contributed by atoms with Gasteiger partial charge in [-0.1, -0.05) is 30.3 Å². The summed E-state index contributed by atoms with van der Waals surface area (Å²) in [6, 6.07) is 12.9. The number of amides is 1. The summed E-state index contributed by atoms with van der Waals surface area (Å²) in [4.78, 5) is 15.6. The molecule has 142 valence electrons. The van der Waals surface area contributed by atoms with E-state index >= 15 is 0 Å². The van der Waals surface area contributed by atoms with Gasteiger partial charge in [-0.25, -0.2) is 0 Å². The summed E-state index contributed by atoms with van der Waals surface area (Å²) in [5, 5.41) is 0. The summed E-state index contributed by atoms with van der Waals surface area (Å²) >= 11 is 1.54. The molecule has 4 rings (SSSR count). The van der Waals surface area contributed by atoms with Crippen molar-refractivity contribution >= 4 is 17.7 Å². The number of fused-ring (bicyclic) bond motifs is 1. The Morgan fingerprint density at radius 2 is 1.81 bits per heavy atom. The molecule has 1 aliphatic carbocycles. The Morgan fingerprint density at radius 1 is 1.11 bits per heavy atom. The van der Waals surface area contributed by atoms with Crippen molar-refractivity contribution in [2.75, 3.05) is 5.75 Å². The molecule has 0 unspecified atom stereocenters. The van der Waals surface area contributed by atoms with Crippen LogP contribution in [-0.2, 0) is 17.5 Å². The lowest BCUT2D eigenvalue weighted by Gasteiger charge is -2.31. The molecule has 2 aromatic carbocycles. The van der Waals surface area contributed by atoms with E-state index in [9.17, 15) is 18.0 Å². The number of nitrogens with zero attached hydrogens (tertiary/aromatic N) is 1. The van der Waals surface area contributed by atoms with E-state index in [2.05, 4.69) is 0 Å². The van der Waals surface area contributed by atoms with E-state index in [4.69, 9.17) is 4.74 Å². The zero-order valence-electron chi connectivity index (χ0n) is 14.4. The highest BCUT2D eigenvalue weighted by Crippen LogP contribution is 2.38. The Bertz CT molecular complexity index is 851. The van der Waals surface area contributed by atoms with Gasteiger partial charge in [0.15, 0.2) is 6.10 Å². The summed E-state index contributed by atoms with van der Waals surface area (Å²) in [7, 11) is 0. The molecule has 2 aliphatic rings. The van der Waals surface area contributed by atoms with Crippen LogP contribution in [0.4, 0.5) is 13.2 Å². The number of carbonyl (C=O) groups excluding carboxylic acids is 1. The molecule has 0 aromatic heterocycles. The number of para-hydroxylation sites is 1. The van der Waals surface area contributed by atoms with Gasteiger partial charge >= 0.3 is 6.18 Å². The molecule has 0 spiro atoms. The number of hydrogen-bond acceptors (Lipinski definition) is 3. The van der Waals surface area contributed by atoms with Gasteiger partial charge in [0, 0.05) is 23.2 Å². The topological polar surface area (TPSA) is 29.5 Å². The van der Waals surface area contributed by atoms with Crippen molar-refractivity contribution in [1.29, 1.82) is 0 Å². The number of alkyl halides is 3. The predicted octanol–water partition coefficient (Wildman–Crippen LogP) is 4.75. The average molecular weight is 393 g/mol. The van der Waals surface area contributed by atoms with Crippen molar-refractivity contribution in [1.82, 2.24) is 4.90 Å². The molecule has 1 heterocycles. The van der Waals surface area contributed by atoms with Crippen LogP contribution in [0.2, 0.25) is 0 Å². The fourth-order valence-corrected chi connectivity index (χ4v) is 4.19. The molecule has 0 N–H and O–H groups in total. The number of rotatable bonds is 4. The summed E-state index contributed by atoms with van der Waals surface area (Å²) in [5.41, 5.74) is -0.568. The van der Waals surface area contributed by atoms with E-state index in [1.54, 1.807) is 11.0 Å². The third-order valence-corrected chi connectivity index (χ3v) is 5.84. The van der Waals surface area contributed by atoms with E-state index in [1.165, 1.54) is 23.9 Å². The third kappa shape index (κ3) is 3.93. The van der Waals surface area contributed by atoms with E-state index in [0.29, 0.717) is 11.5 Å². The van der Waals surface area contributed by atoms with Gasteiger partial charge in [0.25, 0.3) is 5.91 Å². The molecule has 1 saturated carbocycles. The van der Waals surface area contributed by atoms with Crippen LogP contribution in [0.5, 0.6) is 5.75 Å². The lowest BCUT2D eigenvalue weighted by molar-refractivity contribution is -0.142. The van der Waals surface area contributed by atoms with Gasteiger partial charge in [0.1, 0.15) is 5.75 Å². The van der Waals surface area contributed by atoms with Crippen LogP contribution in [0.25, 0.3) is 0 Å². The van der Waals surface area contributed by atoms with Crippen molar-refractivity contribution < 1.29 is 22.7 Å². The first-order valence-corrected chi connectivity index (χ1v) is 9.76. The fourth-order valence-electron chi connectivity index (χ4n) is 3.22. The zero-order valence-corrected chi connectivity index (χ0v) is 15.2. The fraction of sp³-hybridized carbons (Fsp3) is 0.350. The molecule has 0 bridgehead atoms. The van der Waals surface area contributed by atoms with Crippen LogP contribution in [0, 0.1) is 0 Å². The van der Waals surface area contributed by atoms with Gasteiger partial charge in [-0.05, 0) is 36.6 Å². The van der Waals surface area contributed by atoms with Gasteiger partial charge in [-0.2, -0.15) is 13.2 Å². The van der Waals surface area contributed by atoms with Crippen molar-refractivity contribution in [3.8, 4) is 5.75 Å². The molecule has 1 atom stereocenters. The monoisotopic (exact) mass is 393 g/mol. The number of benzene rings is 2. The predicted molar refractivity (Wildman–Crippen MR) is 96.6 cm³/mol. The van der Waals surface area contributed by atoms with Crippen molar-refractivity contribution in [3.63, 3.8) is 0 Å². The number of ether oxygens (including phenoxy) is 1. The highest BCUT2D eigenvalue weighted by Gasteiger charge is 2.40. The summed E-state index contributed by atoms with van der Waals surface area (Å²) in [5.74, 6) is 0.870. The molecule has 0 saturated heterocycles. The Morgan fingerprint density at radius 3 is 2.56 bits per heavy atom. The number of halogens is 3. The SMILES string of the molecule is O=C([C@@H]1CSc2ccccc2O1)N(Cc1ccccc1C(F)(F)F)C1CC1. The molecule has 27 heavy (non-hydrogen) atoms. The quantitative estimate of drug-likeness (QED) is 0.751. The Balaban J connectivity index is 1.55. The molecule has 3 nitrogen and oxygen atoms in total. The molecular formula is C20H18F3NO2S. The van der Waals surface area contributed by atoms with Gasteiger partial charge < -0.3 is 9.64 Å². The van der Waals surface area contributed by atoms with Crippen LogP contribution in [0.3, 0.4) is 0 Å². The lowest BCUT2D eigenvalue weighted by Crippen LogP contribution is -2.45. The van der Waals surface area contributed by atoms with Gasteiger partial charge in [-0.15, -0.1) is 11.8 Å². The Kier molecular flexibility index (Phi) is 4.80. The van der Waals surface area contributed by atoms with Crippen LogP contribution in [0.15, 0.2) is 53.4 Å². The second-order valence-corrected chi connectivity index (χ2v) is 7.78. The van der Waals surface area contributed by atoms with Crippen molar-refractivity contribution in [2.45, 2.75) is 42.6 Å².